The third-order valence-electron chi connectivity index (χ3n) is 2.87. The van der Waals surface area contributed by atoms with E-state index in [2.05, 4.69) is 5.32 Å². The van der Waals surface area contributed by atoms with Crippen LogP contribution in [0.2, 0.25) is 0 Å². The van der Waals surface area contributed by atoms with Gasteiger partial charge in [-0.2, -0.15) is 0 Å². The molecule has 0 spiro atoms. The summed E-state index contributed by atoms with van der Waals surface area (Å²) >= 11 is 0. The van der Waals surface area contributed by atoms with Crippen LogP contribution in [0.25, 0.3) is 0 Å². The lowest BCUT2D eigenvalue weighted by Gasteiger charge is -2.06. The van der Waals surface area contributed by atoms with Gasteiger partial charge in [0.15, 0.2) is 9.84 Å². The Morgan fingerprint density at radius 3 is 2.72 bits per heavy atom. The van der Waals surface area contributed by atoms with Gasteiger partial charge in [0.25, 0.3) is 5.91 Å². The zero-order chi connectivity index (χ0) is 13.2. The van der Waals surface area contributed by atoms with Crippen LogP contribution in [0.5, 0.6) is 0 Å². The zero-order valence-corrected chi connectivity index (χ0v) is 11.2. The van der Waals surface area contributed by atoms with E-state index in [0.29, 0.717) is 17.0 Å². The minimum absolute atomic E-state index is 0.0310. The largest absolute Gasteiger partial charge is 0.352 e. The molecule has 0 radical (unpaired) electrons. The molecule has 98 valence electrons. The third kappa shape index (κ3) is 4.14. The average molecular weight is 267 g/mol. The van der Waals surface area contributed by atoms with Gasteiger partial charge in [-0.15, -0.1) is 0 Å². The molecule has 1 aliphatic carbocycles. The van der Waals surface area contributed by atoms with Crippen LogP contribution in [0.4, 0.5) is 0 Å². The van der Waals surface area contributed by atoms with Crippen LogP contribution >= 0.6 is 0 Å². The van der Waals surface area contributed by atoms with Crippen LogP contribution < -0.4 is 5.32 Å². The second-order valence-electron chi connectivity index (χ2n) is 4.92. The van der Waals surface area contributed by atoms with Crippen molar-refractivity contribution in [3.63, 3.8) is 0 Å². The fraction of sp³-hybridized carbons (Fsp3) is 0.462. The van der Waals surface area contributed by atoms with Gasteiger partial charge in [0.2, 0.25) is 0 Å². The number of rotatable bonds is 5. The van der Waals surface area contributed by atoms with Crippen LogP contribution in [-0.2, 0) is 15.6 Å². The SMILES string of the molecule is CS(=O)(=O)Cc1cccc(C(=O)NCC2CC2)c1. The summed E-state index contributed by atoms with van der Waals surface area (Å²) in [5.74, 6) is 0.474. The van der Waals surface area contributed by atoms with Gasteiger partial charge in [-0.05, 0) is 36.5 Å². The summed E-state index contributed by atoms with van der Waals surface area (Å²) in [5.41, 5.74) is 1.17. The summed E-state index contributed by atoms with van der Waals surface area (Å²) in [5, 5.41) is 2.86. The fourth-order valence-electron chi connectivity index (χ4n) is 1.77. The Balaban J connectivity index is 2.03. The van der Waals surface area contributed by atoms with Gasteiger partial charge in [-0.3, -0.25) is 4.79 Å². The average Bonchev–Trinajstić information content (AvgIpc) is 3.07. The molecule has 1 saturated carbocycles. The molecule has 2 rings (SSSR count). The topological polar surface area (TPSA) is 63.2 Å². The van der Waals surface area contributed by atoms with Crippen molar-refractivity contribution in [2.24, 2.45) is 5.92 Å². The summed E-state index contributed by atoms with van der Waals surface area (Å²) in [6, 6.07) is 6.78. The summed E-state index contributed by atoms with van der Waals surface area (Å²) in [6.45, 7) is 0.717. The second-order valence-corrected chi connectivity index (χ2v) is 7.06. The first-order chi connectivity index (χ1) is 8.44. The fourth-order valence-corrected chi connectivity index (χ4v) is 2.55. The highest BCUT2D eigenvalue weighted by Gasteiger charge is 2.21. The number of sulfone groups is 1. The van der Waals surface area contributed by atoms with E-state index >= 15 is 0 Å². The molecule has 0 atom stereocenters. The first-order valence-electron chi connectivity index (χ1n) is 5.99. The highest BCUT2D eigenvalue weighted by molar-refractivity contribution is 7.89. The molecule has 0 aromatic heterocycles. The van der Waals surface area contributed by atoms with E-state index in [9.17, 15) is 13.2 Å². The lowest BCUT2D eigenvalue weighted by atomic mass is 10.1. The Bertz CT molecular complexity index is 547. The van der Waals surface area contributed by atoms with Crippen molar-refractivity contribution in [2.45, 2.75) is 18.6 Å². The highest BCUT2D eigenvalue weighted by atomic mass is 32.2. The van der Waals surface area contributed by atoms with Crippen molar-refractivity contribution in [1.29, 1.82) is 0 Å². The standard InChI is InChI=1S/C13H17NO3S/c1-18(16,17)9-11-3-2-4-12(7-11)13(15)14-8-10-5-6-10/h2-4,7,10H,5-6,8-9H2,1H3,(H,14,15). The maximum Gasteiger partial charge on any atom is 0.251 e. The van der Waals surface area contributed by atoms with Gasteiger partial charge >= 0.3 is 0 Å². The van der Waals surface area contributed by atoms with E-state index in [-0.39, 0.29) is 11.7 Å². The van der Waals surface area contributed by atoms with Crippen molar-refractivity contribution in [3.8, 4) is 0 Å². The van der Waals surface area contributed by atoms with Crippen molar-refractivity contribution in [3.05, 3.63) is 35.4 Å². The van der Waals surface area contributed by atoms with E-state index in [1.165, 1.54) is 19.1 Å². The molecule has 0 unspecified atom stereocenters. The highest BCUT2D eigenvalue weighted by Crippen LogP contribution is 2.27. The molecule has 4 nitrogen and oxygen atoms in total. The van der Waals surface area contributed by atoms with Crippen LogP contribution in [-0.4, -0.2) is 27.1 Å². The molecule has 1 aromatic rings. The van der Waals surface area contributed by atoms with Crippen LogP contribution in [0.15, 0.2) is 24.3 Å². The second kappa shape index (κ2) is 5.10. The molecule has 1 amide bonds. The first kappa shape index (κ1) is 13.1. The third-order valence-corrected chi connectivity index (χ3v) is 3.72. The number of benzene rings is 1. The maximum absolute atomic E-state index is 11.8. The van der Waals surface area contributed by atoms with Crippen LogP contribution in [0.1, 0.15) is 28.8 Å². The molecular formula is C13H17NO3S. The number of nitrogens with one attached hydrogen (secondary N) is 1. The molecule has 1 fully saturated rings. The number of hydrogen-bond acceptors (Lipinski definition) is 3. The van der Waals surface area contributed by atoms with Crippen molar-refractivity contribution < 1.29 is 13.2 Å². The Hall–Kier alpha value is -1.36. The van der Waals surface area contributed by atoms with Gasteiger partial charge in [0, 0.05) is 18.4 Å². The Morgan fingerprint density at radius 2 is 2.11 bits per heavy atom. The van der Waals surface area contributed by atoms with E-state index in [1.807, 2.05) is 0 Å². The van der Waals surface area contributed by atoms with E-state index in [1.54, 1.807) is 24.3 Å². The maximum atomic E-state index is 11.8. The molecule has 1 aliphatic rings. The Labute approximate surface area is 107 Å². The Kier molecular flexibility index (Phi) is 3.71. The minimum atomic E-state index is -3.07. The smallest absolute Gasteiger partial charge is 0.251 e. The lowest BCUT2D eigenvalue weighted by molar-refractivity contribution is 0.0951. The Morgan fingerprint density at radius 1 is 1.39 bits per heavy atom. The molecule has 5 heteroatoms. The van der Waals surface area contributed by atoms with Gasteiger partial charge < -0.3 is 5.32 Å². The van der Waals surface area contributed by atoms with Crippen molar-refractivity contribution >= 4 is 15.7 Å². The number of carbonyl (C=O) groups excluding carboxylic acids is 1. The van der Waals surface area contributed by atoms with E-state index in [4.69, 9.17) is 0 Å². The van der Waals surface area contributed by atoms with Gasteiger partial charge in [-0.1, -0.05) is 12.1 Å². The molecule has 0 aliphatic heterocycles. The quantitative estimate of drug-likeness (QED) is 0.876. The van der Waals surface area contributed by atoms with Crippen LogP contribution in [0, 0.1) is 5.92 Å². The van der Waals surface area contributed by atoms with Gasteiger partial charge in [0.1, 0.15) is 0 Å². The van der Waals surface area contributed by atoms with E-state index < -0.39 is 9.84 Å². The number of hydrogen-bond donors (Lipinski definition) is 1. The minimum Gasteiger partial charge on any atom is -0.352 e. The molecule has 0 bridgehead atoms. The predicted molar refractivity (Wildman–Crippen MR) is 70.0 cm³/mol. The monoisotopic (exact) mass is 267 g/mol. The van der Waals surface area contributed by atoms with Crippen molar-refractivity contribution in [1.82, 2.24) is 5.32 Å². The van der Waals surface area contributed by atoms with Crippen molar-refractivity contribution in [2.75, 3.05) is 12.8 Å². The zero-order valence-electron chi connectivity index (χ0n) is 10.3. The summed E-state index contributed by atoms with van der Waals surface area (Å²) in [6.07, 6.45) is 3.57. The molecule has 1 N–H and O–H groups in total. The summed E-state index contributed by atoms with van der Waals surface area (Å²) < 4.78 is 22.4. The first-order valence-corrected chi connectivity index (χ1v) is 8.05. The number of carbonyl (C=O) groups is 1. The summed E-state index contributed by atoms with van der Waals surface area (Å²) in [7, 11) is -3.07. The van der Waals surface area contributed by atoms with Gasteiger partial charge in [-0.25, -0.2) is 8.42 Å². The summed E-state index contributed by atoms with van der Waals surface area (Å²) in [4.78, 5) is 11.8. The lowest BCUT2D eigenvalue weighted by Crippen LogP contribution is -2.25. The molecule has 18 heavy (non-hydrogen) atoms. The molecule has 1 aromatic carbocycles. The normalized spacial score (nSPS) is 15.4. The molecule has 0 saturated heterocycles. The predicted octanol–water partition coefficient (Wildman–Crippen LogP) is 1.37. The van der Waals surface area contributed by atoms with Gasteiger partial charge in [0.05, 0.1) is 5.75 Å². The molecular weight excluding hydrogens is 250 g/mol. The van der Waals surface area contributed by atoms with Crippen LogP contribution in [0.3, 0.4) is 0 Å². The molecule has 0 heterocycles. The van der Waals surface area contributed by atoms with E-state index in [0.717, 1.165) is 6.54 Å². The number of amides is 1.